The quantitative estimate of drug-likeness (QED) is 0.759. The van der Waals surface area contributed by atoms with Gasteiger partial charge in [-0.1, -0.05) is 30.7 Å². The molecule has 0 spiro atoms. The molecule has 2 atom stereocenters. The molecule has 2 aromatic carbocycles. The Bertz CT molecular complexity index is 943. The second kappa shape index (κ2) is 8.73. The Morgan fingerprint density at radius 1 is 1.14 bits per heavy atom. The summed E-state index contributed by atoms with van der Waals surface area (Å²) >= 11 is 0. The molecule has 2 aromatic rings. The van der Waals surface area contributed by atoms with Gasteiger partial charge in [-0.15, -0.1) is 0 Å². The van der Waals surface area contributed by atoms with Crippen molar-refractivity contribution in [1.82, 2.24) is 5.32 Å². The Hall–Kier alpha value is -2.41. The Labute approximate surface area is 166 Å². The van der Waals surface area contributed by atoms with Crippen LogP contribution in [0.3, 0.4) is 0 Å². The van der Waals surface area contributed by atoms with Gasteiger partial charge in [-0.05, 0) is 62.6 Å². The highest BCUT2D eigenvalue weighted by atomic mass is 32.2. The normalized spacial score (nSPS) is 13.6. The van der Waals surface area contributed by atoms with Crippen LogP contribution < -0.4 is 9.62 Å². The van der Waals surface area contributed by atoms with Crippen LogP contribution in [0.1, 0.15) is 43.0 Å². The summed E-state index contributed by atoms with van der Waals surface area (Å²) in [4.78, 5) is 13.0. The zero-order valence-corrected chi connectivity index (χ0v) is 17.7. The van der Waals surface area contributed by atoms with E-state index in [0.29, 0.717) is 0 Å². The minimum atomic E-state index is -3.75. The van der Waals surface area contributed by atoms with E-state index in [9.17, 15) is 17.6 Å². The molecule has 0 saturated heterocycles. The van der Waals surface area contributed by atoms with E-state index < -0.39 is 27.8 Å². The molecule has 152 valence electrons. The molecular weight excluding hydrogens is 379 g/mol. The van der Waals surface area contributed by atoms with Gasteiger partial charge >= 0.3 is 0 Å². The molecule has 2 unspecified atom stereocenters. The van der Waals surface area contributed by atoms with Gasteiger partial charge in [0.2, 0.25) is 15.9 Å². The van der Waals surface area contributed by atoms with E-state index in [2.05, 4.69) is 5.32 Å². The summed E-state index contributed by atoms with van der Waals surface area (Å²) in [6, 6.07) is 9.86. The van der Waals surface area contributed by atoms with Crippen molar-refractivity contribution >= 4 is 21.6 Å². The van der Waals surface area contributed by atoms with Gasteiger partial charge < -0.3 is 5.32 Å². The maximum atomic E-state index is 13.3. The van der Waals surface area contributed by atoms with E-state index in [1.54, 1.807) is 6.92 Å². The van der Waals surface area contributed by atoms with Crippen LogP contribution in [0.2, 0.25) is 0 Å². The van der Waals surface area contributed by atoms with E-state index in [0.717, 1.165) is 27.3 Å². The summed E-state index contributed by atoms with van der Waals surface area (Å²) in [5.41, 5.74) is 3.36. The van der Waals surface area contributed by atoms with Gasteiger partial charge in [0.05, 0.1) is 18.0 Å². The van der Waals surface area contributed by atoms with Crippen molar-refractivity contribution in [2.75, 3.05) is 10.6 Å². The lowest BCUT2D eigenvalue weighted by Crippen LogP contribution is -2.49. The molecule has 0 aliphatic heterocycles. The first-order chi connectivity index (χ1) is 13.0. The van der Waals surface area contributed by atoms with Gasteiger partial charge in [0, 0.05) is 0 Å². The van der Waals surface area contributed by atoms with Crippen molar-refractivity contribution in [3.63, 3.8) is 0 Å². The highest BCUT2D eigenvalue weighted by molar-refractivity contribution is 7.92. The Kier molecular flexibility index (Phi) is 6.82. The molecule has 0 aromatic heterocycles. The van der Waals surface area contributed by atoms with Crippen molar-refractivity contribution in [2.45, 2.75) is 46.2 Å². The van der Waals surface area contributed by atoms with Crippen molar-refractivity contribution in [1.29, 1.82) is 0 Å². The lowest BCUT2D eigenvalue weighted by Gasteiger charge is -2.31. The number of benzene rings is 2. The molecule has 1 amide bonds. The molecule has 0 radical (unpaired) electrons. The van der Waals surface area contributed by atoms with Gasteiger partial charge in [-0.3, -0.25) is 9.10 Å². The zero-order chi connectivity index (χ0) is 21.1. The molecular formula is C21H27FN2O3S. The molecule has 5 nitrogen and oxygen atoms in total. The number of anilines is 1. The lowest BCUT2D eigenvalue weighted by atomic mass is 9.99. The molecule has 0 bridgehead atoms. The Morgan fingerprint density at radius 2 is 1.75 bits per heavy atom. The second-order valence-electron chi connectivity index (χ2n) is 7.05. The first kappa shape index (κ1) is 21.9. The standard InChI is InChI=1S/C21H27FN2O3S/c1-6-20(24(28(5,26)27)18-11-9-17(22)10-12-18)21(25)23-16(4)19-13-14(2)7-8-15(19)3/h7-13,16,20H,6H2,1-5H3,(H,23,25). The minimum absolute atomic E-state index is 0.255. The molecule has 0 aliphatic carbocycles. The lowest BCUT2D eigenvalue weighted by molar-refractivity contribution is -0.122. The van der Waals surface area contributed by atoms with Gasteiger partial charge in [0.1, 0.15) is 11.9 Å². The number of amides is 1. The van der Waals surface area contributed by atoms with Crippen LogP contribution in [0.25, 0.3) is 0 Å². The van der Waals surface area contributed by atoms with Gasteiger partial charge in [-0.2, -0.15) is 0 Å². The number of carbonyl (C=O) groups excluding carboxylic acids is 1. The van der Waals surface area contributed by atoms with Crippen molar-refractivity contribution in [3.8, 4) is 0 Å². The van der Waals surface area contributed by atoms with Crippen LogP contribution in [0, 0.1) is 19.7 Å². The summed E-state index contributed by atoms with van der Waals surface area (Å²) < 4.78 is 39.2. The monoisotopic (exact) mass is 406 g/mol. The van der Waals surface area contributed by atoms with Gasteiger partial charge in [-0.25, -0.2) is 12.8 Å². The van der Waals surface area contributed by atoms with Crippen LogP contribution in [0.15, 0.2) is 42.5 Å². The number of carbonyl (C=O) groups is 1. The van der Waals surface area contributed by atoms with Crippen LogP contribution in [0.4, 0.5) is 10.1 Å². The maximum absolute atomic E-state index is 13.3. The second-order valence-corrected chi connectivity index (χ2v) is 8.91. The van der Waals surface area contributed by atoms with E-state index in [4.69, 9.17) is 0 Å². The van der Waals surface area contributed by atoms with Crippen LogP contribution in [-0.2, 0) is 14.8 Å². The first-order valence-corrected chi connectivity index (χ1v) is 11.0. The van der Waals surface area contributed by atoms with Crippen LogP contribution in [-0.4, -0.2) is 26.6 Å². The smallest absolute Gasteiger partial charge is 0.244 e. The summed E-state index contributed by atoms with van der Waals surface area (Å²) in [6.45, 7) is 7.56. The number of nitrogens with one attached hydrogen (secondary N) is 1. The molecule has 0 saturated carbocycles. The van der Waals surface area contributed by atoms with Crippen LogP contribution >= 0.6 is 0 Å². The average Bonchev–Trinajstić information content (AvgIpc) is 2.61. The number of aryl methyl sites for hydroxylation is 2. The molecule has 0 heterocycles. The summed E-state index contributed by atoms with van der Waals surface area (Å²) in [5.74, 6) is -0.871. The predicted octanol–water partition coefficient (Wildman–Crippen LogP) is 3.86. The SMILES string of the molecule is CCC(C(=O)NC(C)c1cc(C)ccc1C)N(c1ccc(F)cc1)S(C)(=O)=O. The summed E-state index contributed by atoms with van der Waals surface area (Å²) in [7, 11) is -3.75. The highest BCUT2D eigenvalue weighted by Gasteiger charge is 2.32. The fourth-order valence-electron chi connectivity index (χ4n) is 3.26. The summed E-state index contributed by atoms with van der Waals surface area (Å²) in [5, 5.41) is 2.93. The molecule has 28 heavy (non-hydrogen) atoms. The molecule has 0 aliphatic rings. The fraction of sp³-hybridized carbons (Fsp3) is 0.381. The van der Waals surface area contributed by atoms with Crippen molar-refractivity contribution < 1.29 is 17.6 Å². The van der Waals surface area contributed by atoms with Crippen molar-refractivity contribution in [2.24, 2.45) is 0 Å². The van der Waals surface area contributed by atoms with Gasteiger partial charge in [0.25, 0.3) is 0 Å². The highest BCUT2D eigenvalue weighted by Crippen LogP contribution is 2.24. The van der Waals surface area contributed by atoms with Crippen LogP contribution in [0.5, 0.6) is 0 Å². The number of hydrogen-bond donors (Lipinski definition) is 1. The average molecular weight is 407 g/mol. The molecule has 7 heteroatoms. The van der Waals surface area contributed by atoms with E-state index in [-0.39, 0.29) is 18.2 Å². The predicted molar refractivity (Wildman–Crippen MR) is 110 cm³/mol. The van der Waals surface area contributed by atoms with E-state index >= 15 is 0 Å². The molecule has 0 fully saturated rings. The number of halogens is 1. The molecule has 2 rings (SSSR count). The third-order valence-electron chi connectivity index (χ3n) is 4.67. The third-order valence-corrected chi connectivity index (χ3v) is 5.85. The largest absolute Gasteiger partial charge is 0.348 e. The number of nitrogens with zero attached hydrogens (tertiary/aromatic N) is 1. The zero-order valence-electron chi connectivity index (χ0n) is 16.9. The number of hydrogen-bond acceptors (Lipinski definition) is 3. The van der Waals surface area contributed by atoms with E-state index in [1.807, 2.05) is 39.0 Å². The van der Waals surface area contributed by atoms with Crippen molar-refractivity contribution in [3.05, 3.63) is 65.0 Å². The fourth-order valence-corrected chi connectivity index (χ4v) is 4.47. The maximum Gasteiger partial charge on any atom is 0.244 e. The molecule has 1 N–H and O–H groups in total. The Balaban J connectivity index is 2.33. The third kappa shape index (κ3) is 5.10. The van der Waals surface area contributed by atoms with E-state index in [1.165, 1.54) is 24.3 Å². The Morgan fingerprint density at radius 3 is 2.29 bits per heavy atom. The topological polar surface area (TPSA) is 66.5 Å². The number of rotatable bonds is 7. The first-order valence-electron chi connectivity index (χ1n) is 9.17. The number of sulfonamides is 1. The summed E-state index contributed by atoms with van der Waals surface area (Å²) in [6.07, 6.45) is 1.32. The van der Waals surface area contributed by atoms with Gasteiger partial charge in [0.15, 0.2) is 0 Å². The minimum Gasteiger partial charge on any atom is -0.348 e.